The monoisotopic (exact) mass is 311 g/mol. The summed E-state index contributed by atoms with van der Waals surface area (Å²) in [5, 5.41) is 11.6. The molecule has 0 bridgehead atoms. The molecule has 4 nitrogen and oxygen atoms in total. The molecule has 0 spiro atoms. The fourth-order valence-corrected chi connectivity index (χ4v) is 2.32. The Morgan fingerprint density at radius 1 is 1.27 bits per heavy atom. The Hall–Kier alpha value is -2.29. The first kappa shape index (κ1) is 16.1. The zero-order valence-electron chi connectivity index (χ0n) is 12.2. The van der Waals surface area contributed by atoms with Crippen molar-refractivity contribution in [2.75, 3.05) is 5.32 Å². The van der Waals surface area contributed by atoms with Crippen molar-refractivity contribution in [3.05, 3.63) is 59.2 Å². The van der Waals surface area contributed by atoms with Crippen molar-refractivity contribution in [1.29, 1.82) is 5.26 Å². The molecule has 0 aliphatic rings. The molecule has 0 saturated heterocycles. The van der Waals surface area contributed by atoms with Crippen LogP contribution in [-0.2, 0) is 4.79 Å². The number of nitrogens with one attached hydrogen (secondary N) is 1. The number of anilines is 1. The molecule has 1 unspecified atom stereocenters. The zero-order valence-corrected chi connectivity index (χ0v) is 13.1. The molecule has 1 atom stereocenters. The third kappa shape index (κ3) is 3.67. The summed E-state index contributed by atoms with van der Waals surface area (Å²) in [5.74, 6) is -0.0561. The molecule has 22 heavy (non-hydrogen) atoms. The van der Waals surface area contributed by atoms with E-state index in [2.05, 4.69) is 24.0 Å². The average molecular weight is 311 g/mol. The zero-order chi connectivity index (χ0) is 16.1. The number of hydrogen-bond donors (Lipinski definition) is 3. The lowest BCUT2D eigenvalue weighted by molar-refractivity contribution is -0.115. The Morgan fingerprint density at radius 3 is 2.45 bits per heavy atom. The minimum absolute atomic E-state index is 0.0561. The maximum Gasteiger partial charge on any atom is 0.224 e. The standard InChI is InChI=1S/C17H17N3OS/c1-2-16(21)20-14-8-7-13(9-15(14)22)17(19)12-5-3-11(10-18)4-6-12/h3-9,17,22H,2,19H2,1H3,(H,20,21). The summed E-state index contributed by atoms with van der Waals surface area (Å²) in [6.07, 6.45) is 0.416. The van der Waals surface area contributed by atoms with Gasteiger partial charge in [0.25, 0.3) is 0 Å². The minimum Gasteiger partial charge on any atom is -0.325 e. The highest BCUT2D eigenvalue weighted by Crippen LogP contribution is 2.27. The summed E-state index contributed by atoms with van der Waals surface area (Å²) in [4.78, 5) is 12.1. The van der Waals surface area contributed by atoms with Gasteiger partial charge in [-0.2, -0.15) is 5.26 Å². The predicted molar refractivity (Wildman–Crippen MR) is 89.8 cm³/mol. The topological polar surface area (TPSA) is 78.9 Å². The van der Waals surface area contributed by atoms with Crippen LogP contribution in [0.3, 0.4) is 0 Å². The van der Waals surface area contributed by atoms with E-state index in [0.29, 0.717) is 22.6 Å². The number of thiol groups is 1. The van der Waals surface area contributed by atoms with E-state index in [1.807, 2.05) is 24.3 Å². The van der Waals surface area contributed by atoms with Crippen LogP contribution in [-0.4, -0.2) is 5.91 Å². The number of nitrogens with two attached hydrogens (primary N) is 1. The number of carbonyl (C=O) groups is 1. The summed E-state index contributed by atoms with van der Waals surface area (Å²) in [6, 6.07) is 14.5. The van der Waals surface area contributed by atoms with E-state index in [0.717, 1.165) is 11.1 Å². The highest BCUT2D eigenvalue weighted by Gasteiger charge is 2.11. The van der Waals surface area contributed by atoms with Crippen molar-refractivity contribution in [2.45, 2.75) is 24.3 Å². The lowest BCUT2D eigenvalue weighted by atomic mass is 9.98. The minimum atomic E-state index is -0.311. The Kier molecular flexibility index (Phi) is 5.21. The Labute approximate surface area is 135 Å². The van der Waals surface area contributed by atoms with Crippen LogP contribution in [0.4, 0.5) is 5.69 Å². The number of amides is 1. The first-order chi connectivity index (χ1) is 10.5. The summed E-state index contributed by atoms with van der Waals surface area (Å²) in [7, 11) is 0. The Morgan fingerprint density at radius 2 is 1.91 bits per heavy atom. The molecule has 2 aromatic carbocycles. The van der Waals surface area contributed by atoms with E-state index in [1.54, 1.807) is 25.1 Å². The Bertz CT molecular complexity index is 720. The van der Waals surface area contributed by atoms with Crippen molar-refractivity contribution in [3.8, 4) is 6.07 Å². The van der Waals surface area contributed by atoms with Crippen LogP contribution < -0.4 is 11.1 Å². The normalized spacial score (nSPS) is 11.5. The molecular formula is C17H17N3OS. The van der Waals surface area contributed by atoms with Crippen LogP contribution in [0.25, 0.3) is 0 Å². The van der Waals surface area contributed by atoms with Gasteiger partial charge in [0.05, 0.1) is 23.4 Å². The van der Waals surface area contributed by atoms with E-state index in [4.69, 9.17) is 11.0 Å². The molecule has 0 heterocycles. The first-order valence-electron chi connectivity index (χ1n) is 6.93. The number of carbonyl (C=O) groups excluding carboxylic acids is 1. The molecule has 0 radical (unpaired) electrons. The van der Waals surface area contributed by atoms with Gasteiger partial charge in [0.15, 0.2) is 0 Å². The lowest BCUT2D eigenvalue weighted by Gasteiger charge is -2.15. The van der Waals surface area contributed by atoms with Gasteiger partial charge in [-0.1, -0.05) is 25.1 Å². The van der Waals surface area contributed by atoms with Gasteiger partial charge >= 0.3 is 0 Å². The molecule has 0 aliphatic carbocycles. The van der Waals surface area contributed by atoms with Crippen LogP contribution in [0.5, 0.6) is 0 Å². The maximum atomic E-state index is 11.4. The molecule has 0 fully saturated rings. The van der Waals surface area contributed by atoms with Crippen molar-refractivity contribution in [2.24, 2.45) is 5.73 Å². The first-order valence-corrected chi connectivity index (χ1v) is 7.38. The van der Waals surface area contributed by atoms with E-state index < -0.39 is 0 Å². The summed E-state index contributed by atoms with van der Waals surface area (Å²) in [5.41, 5.74) is 9.33. The van der Waals surface area contributed by atoms with Crippen LogP contribution >= 0.6 is 12.6 Å². The van der Waals surface area contributed by atoms with E-state index in [-0.39, 0.29) is 11.9 Å². The molecule has 0 aliphatic heterocycles. The third-order valence-electron chi connectivity index (χ3n) is 3.38. The second-order valence-electron chi connectivity index (χ2n) is 4.89. The third-order valence-corrected chi connectivity index (χ3v) is 3.75. The van der Waals surface area contributed by atoms with Gasteiger partial charge in [-0.05, 0) is 35.4 Å². The fourth-order valence-electron chi connectivity index (χ4n) is 2.04. The van der Waals surface area contributed by atoms with Gasteiger partial charge in [0.2, 0.25) is 5.91 Å². The lowest BCUT2D eigenvalue weighted by Crippen LogP contribution is -2.13. The number of benzene rings is 2. The fraction of sp³-hybridized carbons (Fsp3) is 0.176. The highest BCUT2D eigenvalue weighted by molar-refractivity contribution is 7.80. The molecule has 1 amide bonds. The van der Waals surface area contributed by atoms with E-state index >= 15 is 0 Å². The summed E-state index contributed by atoms with van der Waals surface area (Å²) >= 11 is 4.41. The van der Waals surface area contributed by atoms with Crippen LogP contribution in [0.2, 0.25) is 0 Å². The van der Waals surface area contributed by atoms with Crippen LogP contribution in [0.15, 0.2) is 47.4 Å². The van der Waals surface area contributed by atoms with E-state index in [9.17, 15) is 4.79 Å². The molecular weight excluding hydrogens is 294 g/mol. The molecule has 112 valence electrons. The maximum absolute atomic E-state index is 11.4. The molecule has 2 aromatic rings. The number of hydrogen-bond acceptors (Lipinski definition) is 4. The second kappa shape index (κ2) is 7.12. The van der Waals surface area contributed by atoms with Gasteiger partial charge in [-0.25, -0.2) is 0 Å². The summed E-state index contributed by atoms with van der Waals surface area (Å²) in [6.45, 7) is 1.79. The molecule has 5 heteroatoms. The van der Waals surface area contributed by atoms with Gasteiger partial charge in [0, 0.05) is 11.3 Å². The van der Waals surface area contributed by atoms with E-state index in [1.165, 1.54) is 0 Å². The van der Waals surface area contributed by atoms with Crippen molar-refractivity contribution < 1.29 is 4.79 Å². The quantitative estimate of drug-likeness (QED) is 0.758. The number of nitriles is 1. The van der Waals surface area contributed by atoms with Gasteiger partial charge in [-0.15, -0.1) is 12.6 Å². The van der Waals surface area contributed by atoms with Gasteiger partial charge < -0.3 is 11.1 Å². The summed E-state index contributed by atoms with van der Waals surface area (Å²) < 4.78 is 0. The number of nitrogens with zero attached hydrogens (tertiary/aromatic N) is 1. The Balaban J connectivity index is 2.23. The van der Waals surface area contributed by atoms with Crippen LogP contribution in [0, 0.1) is 11.3 Å². The van der Waals surface area contributed by atoms with Crippen LogP contribution in [0.1, 0.15) is 36.1 Å². The van der Waals surface area contributed by atoms with Gasteiger partial charge in [-0.3, -0.25) is 4.79 Å². The van der Waals surface area contributed by atoms with Crippen molar-refractivity contribution in [3.63, 3.8) is 0 Å². The highest BCUT2D eigenvalue weighted by atomic mass is 32.1. The predicted octanol–water partition coefficient (Wildman–Crippen LogP) is 3.24. The molecule has 0 saturated carbocycles. The molecule has 0 aromatic heterocycles. The average Bonchev–Trinajstić information content (AvgIpc) is 2.56. The van der Waals surface area contributed by atoms with Gasteiger partial charge in [0.1, 0.15) is 0 Å². The smallest absolute Gasteiger partial charge is 0.224 e. The van der Waals surface area contributed by atoms with Crippen molar-refractivity contribution >= 4 is 24.2 Å². The molecule has 2 rings (SSSR count). The number of rotatable bonds is 4. The van der Waals surface area contributed by atoms with Crippen molar-refractivity contribution in [1.82, 2.24) is 0 Å². The molecule has 3 N–H and O–H groups in total. The largest absolute Gasteiger partial charge is 0.325 e. The SMILES string of the molecule is CCC(=O)Nc1ccc(C(N)c2ccc(C#N)cc2)cc1S. The second-order valence-corrected chi connectivity index (χ2v) is 5.37.